The van der Waals surface area contributed by atoms with Crippen LogP contribution in [0.1, 0.15) is 18.1 Å². The summed E-state index contributed by atoms with van der Waals surface area (Å²) in [6.45, 7) is 9.24. The van der Waals surface area contributed by atoms with Gasteiger partial charge in [-0.15, -0.1) is 29.7 Å². The molecule has 0 atom stereocenters. The fraction of sp³-hybridized carbons (Fsp3) is 0.143. The molecule has 1 rings (SSSR count). The summed E-state index contributed by atoms with van der Waals surface area (Å²) in [5, 5.41) is 8.37. The van der Waals surface area contributed by atoms with E-state index in [4.69, 9.17) is 0 Å². The van der Waals surface area contributed by atoms with E-state index in [9.17, 15) is 0 Å². The fourth-order valence-corrected chi connectivity index (χ4v) is 1.69. The normalized spacial score (nSPS) is 10.0. The Bertz CT molecular complexity index is 427. The first kappa shape index (κ1) is 15.2. The largest absolute Gasteiger partial charge is 0.166 e. The minimum Gasteiger partial charge on any atom is -0.166 e. The number of benzene rings is 1. The molecule has 0 fully saturated rings. The summed E-state index contributed by atoms with van der Waals surface area (Å²) in [6, 6.07) is 8.11. The maximum atomic E-state index is 4.00. The number of terminal acetylenes is 1. The second-order valence-corrected chi connectivity index (χ2v) is 3.90. The van der Waals surface area contributed by atoms with Gasteiger partial charge in [0.1, 0.15) is 5.04 Å². The predicted octanol–water partition coefficient (Wildman–Crippen LogP) is 3.69. The van der Waals surface area contributed by atoms with Gasteiger partial charge in [0, 0.05) is 12.3 Å². The molecule has 0 N–H and O–H groups in total. The molecule has 1 aromatic rings. The molecule has 0 aliphatic heterocycles. The van der Waals surface area contributed by atoms with Crippen LogP contribution < -0.4 is 0 Å². The van der Waals surface area contributed by atoms with Gasteiger partial charge in [-0.05, 0) is 18.7 Å². The first-order valence-electron chi connectivity index (χ1n) is 4.86. The predicted molar refractivity (Wildman–Crippen MR) is 80.6 cm³/mol. The van der Waals surface area contributed by atoms with Gasteiger partial charge < -0.3 is 0 Å². The average molecular weight is 244 g/mol. The van der Waals surface area contributed by atoms with E-state index < -0.39 is 0 Å². The third kappa shape index (κ3) is 4.71. The van der Waals surface area contributed by atoms with E-state index in [0.717, 1.165) is 21.7 Å². The van der Waals surface area contributed by atoms with E-state index in [2.05, 4.69) is 36.3 Å². The van der Waals surface area contributed by atoms with Crippen LogP contribution in [0.15, 0.2) is 41.0 Å². The van der Waals surface area contributed by atoms with Crippen molar-refractivity contribution in [1.82, 2.24) is 0 Å². The Morgan fingerprint density at radius 3 is 2.00 bits per heavy atom. The van der Waals surface area contributed by atoms with Crippen molar-refractivity contribution in [3.8, 4) is 12.8 Å². The molecule has 0 spiro atoms. The molecule has 0 radical (unpaired) electrons. The van der Waals surface area contributed by atoms with Crippen molar-refractivity contribution in [1.29, 1.82) is 0 Å². The number of thioether (sulfide) groups is 1. The highest BCUT2D eigenvalue weighted by molar-refractivity contribution is 8.13. The summed E-state index contributed by atoms with van der Waals surface area (Å²) >= 11 is 1.56. The van der Waals surface area contributed by atoms with Gasteiger partial charge in [0.25, 0.3) is 0 Å². The van der Waals surface area contributed by atoms with Gasteiger partial charge in [0.2, 0.25) is 0 Å². The maximum absolute atomic E-state index is 4.00. The molecule has 0 unspecified atom stereocenters. The molecule has 0 aliphatic rings. The number of hydrogen-bond acceptors (Lipinski definition) is 3. The SMILES string of the molecule is C#C.C=N/N=C(\SC)c1ccc(C(=C)C)cc1. The molecule has 1 aromatic carbocycles. The zero-order valence-corrected chi connectivity index (χ0v) is 11.0. The molecule has 0 saturated carbocycles. The van der Waals surface area contributed by atoms with Crippen LogP contribution in [0, 0.1) is 12.8 Å². The lowest BCUT2D eigenvalue weighted by Gasteiger charge is -2.03. The van der Waals surface area contributed by atoms with Gasteiger partial charge in [0.15, 0.2) is 0 Å². The number of rotatable bonds is 3. The van der Waals surface area contributed by atoms with Gasteiger partial charge in [0.05, 0.1) is 0 Å². The third-order valence-corrected chi connectivity index (χ3v) is 2.68. The lowest BCUT2D eigenvalue weighted by Crippen LogP contribution is -1.93. The summed E-state index contributed by atoms with van der Waals surface area (Å²) < 4.78 is 0. The van der Waals surface area contributed by atoms with Crippen LogP contribution in [-0.4, -0.2) is 18.0 Å². The van der Waals surface area contributed by atoms with Crippen LogP contribution in [-0.2, 0) is 0 Å². The Balaban J connectivity index is 0.00000121. The fourth-order valence-electron chi connectivity index (χ4n) is 1.18. The van der Waals surface area contributed by atoms with E-state index in [0.29, 0.717) is 0 Å². The Morgan fingerprint density at radius 2 is 1.65 bits per heavy atom. The summed E-state index contributed by atoms with van der Waals surface area (Å²) in [6.07, 6.45) is 9.97. The van der Waals surface area contributed by atoms with E-state index >= 15 is 0 Å². The van der Waals surface area contributed by atoms with Crippen molar-refractivity contribution in [3.05, 3.63) is 42.0 Å². The van der Waals surface area contributed by atoms with Crippen LogP contribution in [0.25, 0.3) is 5.57 Å². The van der Waals surface area contributed by atoms with Crippen molar-refractivity contribution in [2.24, 2.45) is 10.2 Å². The number of allylic oxidation sites excluding steroid dienone is 1. The third-order valence-electron chi connectivity index (χ3n) is 1.98. The molecule has 17 heavy (non-hydrogen) atoms. The van der Waals surface area contributed by atoms with Crippen molar-refractivity contribution in [3.63, 3.8) is 0 Å². The highest BCUT2D eigenvalue weighted by Gasteiger charge is 2.01. The van der Waals surface area contributed by atoms with Gasteiger partial charge >= 0.3 is 0 Å². The van der Waals surface area contributed by atoms with Gasteiger partial charge in [-0.25, -0.2) is 0 Å². The molecule has 0 bridgehead atoms. The second kappa shape index (κ2) is 8.37. The molecule has 3 heteroatoms. The van der Waals surface area contributed by atoms with Crippen molar-refractivity contribution < 1.29 is 0 Å². The Kier molecular flexibility index (Phi) is 7.49. The number of nitrogens with zero attached hydrogens (tertiary/aromatic N) is 2. The lowest BCUT2D eigenvalue weighted by molar-refractivity contribution is 1.27. The van der Waals surface area contributed by atoms with E-state index in [1.54, 1.807) is 11.8 Å². The van der Waals surface area contributed by atoms with Crippen LogP contribution in [0.4, 0.5) is 0 Å². The van der Waals surface area contributed by atoms with Crippen LogP contribution in [0.5, 0.6) is 0 Å². The molecule has 0 amide bonds. The number of hydrogen-bond donors (Lipinski definition) is 0. The molecule has 2 nitrogen and oxygen atoms in total. The highest BCUT2D eigenvalue weighted by Crippen LogP contribution is 2.16. The standard InChI is InChI=1S/C12H14N2S.C2H2/c1-9(2)10-5-7-11(8-6-10)12(15-4)14-13-3;1-2/h5-8H,1,3H2,2,4H3;1-2H/b14-12-;. The Labute approximate surface area is 108 Å². The lowest BCUT2D eigenvalue weighted by atomic mass is 10.1. The summed E-state index contributed by atoms with van der Waals surface area (Å²) in [5.41, 5.74) is 3.26. The first-order chi connectivity index (χ1) is 8.19. The van der Waals surface area contributed by atoms with Crippen molar-refractivity contribution in [2.45, 2.75) is 6.92 Å². The summed E-state index contributed by atoms with van der Waals surface area (Å²) in [5.74, 6) is 0. The van der Waals surface area contributed by atoms with Gasteiger partial charge in [-0.3, -0.25) is 0 Å². The Hall–Kier alpha value is -1.79. The first-order valence-corrected chi connectivity index (χ1v) is 6.09. The van der Waals surface area contributed by atoms with Gasteiger partial charge in [-0.1, -0.05) is 36.4 Å². The van der Waals surface area contributed by atoms with E-state index in [1.165, 1.54) is 0 Å². The average Bonchev–Trinajstić information content (AvgIpc) is 2.38. The quantitative estimate of drug-likeness (QED) is 0.344. The second-order valence-electron chi connectivity index (χ2n) is 3.11. The molecular formula is C14H16N2S. The van der Waals surface area contributed by atoms with Crippen molar-refractivity contribution in [2.75, 3.05) is 6.26 Å². The van der Waals surface area contributed by atoms with E-state index in [-0.39, 0.29) is 0 Å². The monoisotopic (exact) mass is 244 g/mol. The molecule has 0 aromatic heterocycles. The Morgan fingerprint density at radius 1 is 1.18 bits per heavy atom. The topological polar surface area (TPSA) is 24.7 Å². The summed E-state index contributed by atoms with van der Waals surface area (Å²) in [7, 11) is 0. The minimum atomic E-state index is 0.873. The zero-order valence-electron chi connectivity index (χ0n) is 10.2. The summed E-state index contributed by atoms with van der Waals surface area (Å²) in [4.78, 5) is 0. The smallest absolute Gasteiger partial charge is 0.126 e. The zero-order chi connectivity index (χ0) is 13.3. The molecule has 0 aliphatic carbocycles. The molecule has 0 saturated heterocycles. The van der Waals surface area contributed by atoms with Crippen LogP contribution >= 0.6 is 11.8 Å². The molecule has 88 valence electrons. The molecular weight excluding hydrogens is 228 g/mol. The molecule has 0 heterocycles. The van der Waals surface area contributed by atoms with Crippen molar-refractivity contribution >= 4 is 29.1 Å². The maximum Gasteiger partial charge on any atom is 0.126 e. The van der Waals surface area contributed by atoms with Crippen LogP contribution in [0.2, 0.25) is 0 Å². The highest BCUT2D eigenvalue weighted by atomic mass is 32.2. The minimum absolute atomic E-state index is 0.873. The van der Waals surface area contributed by atoms with Crippen LogP contribution in [0.3, 0.4) is 0 Å². The van der Waals surface area contributed by atoms with Gasteiger partial charge in [-0.2, -0.15) is 5.10 Å². The van der Waals surface area contributed by atoms with E-state index in [1.807, 2.05) is 37.4 Å².